The van der Waals surface area contributed by atoms with Crippen LogP contribution >= 0.6 is 0 Å². The van der Waals surface area contributed by atoms with Crippen LogP contribution in [0.3, 0.4) is 0 Å². The van der Waals surface area contributed by atoms with Crippen molar-refractivity contribution >= 4 is 23.1 Å². The van der Waals surface area contributed by atoms with E-state index in [1.807, 2.05) is 66.7 Å². The molecule has 5 nitrogen and oxygen atoms in total. The van der Waals surface area contributed by atoms with Crippen LogP contribution in [0.5, 0.6) is 0 Å². The van der Waals surface area contributed by atoms with Crippen molar-refractivity contribution in [2.75, 3.05) is 10.2 Å². The van der Waals surface area contributed by atoms with Gasteiger partial charge in [0.2, 0.25) is 0 Å². The van der Waals surface area contributed by atoms with E-state index >= 15 is 0 Å². The zero-order valence-corrected chi connectivity index (χ0v) is 15.1. The Morgan fingerprint density at radius 2 is 1.92 bits per heavy atom. The summed E-state index contributed by atoms with van der Waals surface area (Å²) in [6, 6.07) is 15.8. The van der Waals surface area contributed by atoms with E-state index in [0.717, 1.165) is 35.6 Å². The van der Waals surface area contributed by atoms with E-state index in [0.29, 0.717) is 12.1 Å². The highest BCUT2D eigenvalue weighted by molar-refractivity contribution is 6.08. The Morgan fingerprint density at radius 3 is 2.69 bits per heavy atom. The van der Waals surface area contributed by atoms with Gasteiger partial charge >= 0.3 is 0 Å². The lowest BCUT2D eigenvalue weighted by molar-refractivity contribution is 0.0985. The van der Waals surface area contributed by atoms with Crippen LogP contribution in [0.1, 0.15) is 34.8 Å². The third kappa shape index (κ3) is 2.86. The Morgan fingerprint density at radius 1 is 1.15 bits per heavy atom. The summed E-state index contributed by atoms with van der Waals surface area (Å²) in [7, 11) is 1.90. The topological polar surface area (TPSA) is 50.2 Å². The lowest BCUT2D eigenvalue weighted by Crippen LogP contribution is -2.29. The molecule has 132 valence electrons. The molecule has 3 aromatic rings. The second kappa shape index (κ2) is 6.67. The molecule has 0 fully saturated rings. The summed E-state index contributed by atoms with van der Waals surface area (Å²) in [5.41, 5.74) is 4.75. The smallest absolute Gasteiger partial charge is 0.258 e. The van der Waals surface area contributed by atoms with Gasteiger partial charge in [0, 0.05) is 18.2 Å². The first kappa shape index (κ1) is 16.4. The summed E-state index contributed by atoms with van der Waals surface area (Å²) in [6.07, 6.45) is 3.95. The molecule has 1 N–H and O–H groups in total. The maximum Gasteiger partial charge on any atom is 0.258 e. The number of anilines is 3. The number of carbonyl (C=O) groups is 1. The summed E-state index contributed by atoms with van der Waals surface area (Å²) in [4.78, 5) is 15.1. The third-order valence-corrected chi connectivity index (χ3v) is 4.78. The highest BCUT2D eigenvalue weighted by Crippen LogP contribution is 2.36. The van der Waals surface area contributed by atoms with Crippen LogP contribution in [0.4, 0.5) is 17.2 Å². The number of hydrogen-bond acceptors (Lipinski definition) is 3. The summed E-state index contributed by atoms with van der Waals surface area (Å²) >= 11 is 0. The van der Waals surface area contributed by atoms with Crippen molar-refractivity contribution in [3.05, 3.63) is 71.4 Å². The number of aryl methyl sites for hydroxylation is 2. The highest BCUT2D eigenvalue weighted by Gasteiger charge is 2.26. The van der Waals surface area contributed by atoms with Crippen molar-refractivity contribution in [2.45, 2.75) is 26.3 Å². The van der Waals surface area contributed by atoms with Gasteiger partial charge in [-0.2, -0.15) is 5.10 Å². The molecule has 0 radical (unpaired) electrons. The van der Waals surface area contributed by atoms with Crippen molar-refractivity contribution in [2.24, 2.45) is 7.05 Å². The predicted molar refractivity (Wildman–Crippen MR) is 104 cm³/mol. The van der Waals surface area contributed by atoms with Crippen LogP contribution < -0.4 is 10.2 Å². The number of nitrogens with zero attached hydrogens (tertiary/aromatic N) is 3. The normalized spacial score (nSPS) is 12.8. The van der Waals surface area contributed by atoms with Crippen LogP contribution in [0, 0.1) is 0 Å². The van der Waals surface area contributed by atoms with Gasteiger partial charge in [-0.3, -0.25) is 9.48 Å². The molecule has 0 saturated heterocycles. The second-order valence-corrected chi connectivity index (χ2v) is 6.62. The summed E-state index contributed by atoms with van der Waals surface area (Å²) < 4.78 is 1.81. The number of para-hydroxylation sites is 2. The first-order valence-electron chi connectivity index (χ1n) is 8.95. The molecule has 0 unspecified atom stereocenters. The monoisotopic (exact) mass is 346 g/mol. The van der Waals surface area contributed by atoms with E-state index in [9.17, 15) is 4.79 Å². The lowest BCUT2D eigenvalue weighted by atomic mass is 10.1. The van der Waals surface area contributed by atoms with E-state index in [-0.39, 0.29) is 5.91 Å². The predicted octanol–water partition coefficient (Wildman–Crippen LogP) is 4.28. The lowest BCUT2D eigenvalue weighted by Gasteiger charge is -2.22. The third-order valence-electron chi connectivity index (χ3n) is 4.78. The van der Waals surface area contributed by atoms with Crippen molar-refractivity contribution < 1.29 is 4.79 Å². The Hall–Kier alpha value is -3.08. The number of fused-ring (bicyclic) bond motifs is 2. The van der Waals surface area contributed by atoms with Crippen LogP contribution in [0.2, 0.25) is 0 Å². The number of amides is 1. The van der Waals surface area contributed by atoms with Crippen molar-refractivity contribution in [1.29, 1.82) is 0 Å². The van der Waals surface area contributed by atoms with Crippen LogP contribution in [0.25, 0.3) is 0 Å². The standard InChI is InChI=1S/C21H22N4O/c1-3-6-15-9-11-16(12-10-15)21(26)25-14-17-13-22-24(2)20(17)23-18-7-4-5-8-19(18)25/h4-5,7-13,23H,3,6,14H2,1-2H3. The van der Waals surface area contributed by atoms with E-state index in [1.54, 1.807) is 4.68 Å². The second-order valence-electron chi connectivity index (χ2n) is 6.62. The van der Waals surface area contributed by atoms with Gasteiger partial charge in [-0.15, -0.1) is 0 Å². The minimum Gasteiger partial charge on any atom is -0.338 e. The number of rotatable bonds is 3. The van der Waals surface area contributed by atoms with Gasteiger partial charge in [0.1, 0.15) is 5.82 Å². The Balaban J connectivity index is 1.73. The maximum atomic E-state index is 13.3. The van der Waals surface area contributed by atoms with Gasteiger partial charge in [-0.25, -0.2) is 0 Å². The number of nitrogens with one attached hydrogen (secondary N) is 1. The molecule has 26 heavy (non-hydrogen) atoms. The summed E-state index contributed by atoms with van der Waals surface area (Å²) in [6.45, 7) is 2.65. The van der Waals surface area contributed by atoms with E-state index in [2.05, 4.69) is 17.3 Å². The molecule has 0 atom stereocenters. The number of benzene rings is 2. The molecule has 0 aliphatic carbocycles. The summed E-state index contributed by atoms with van der Waals surface area (Å²) in [5, 5.41) is 7.75. The molecule has 1 aliphatic heterocycles. The van der Waals surface area contributed by atoms with Gasteiger partial charge in [0.15, 0.2) is 0 Å². The fourth-order valence-electron chi connectivity index (χ4n) is 3.40. The molecule has 1 amide bonds. The Bertz CT molecular complexity index is 943. The first-order chi connectivity index (χ1) is 12.7. The van der Waals surface area contributed by atoms with Crippen molar-refractivity contribution in [3.63, 3.8) is 0 Å². The van der Waals surface area contributed by atoms with E-state index in [1.165, 1.54) is 5.56 Å². The zero-order chi connectivity index (χ0) is 18.1. The van der Waals surface area contributed by atoms with Gasteiger partial charge in [-0.05, 0) is 36.2 Å². The van der Waals surface area contributed by atoms with Gasteiger partial charge in [-0.1, -0.05) is 37.6 Å². The largest absolute Gasteiger partial charge is 0.338 e. The molecule has 4 rings (SSSR count). The van der Waals surface area contributed by atoms with Crippen molar-refractivity contribution in [1.82, 2.24) is 9.78 Å². The average Bonchev–Trinajstić information content (AvgIpc) is 2.91. The first-order valence-corrected chi connectivity index (χ1v) is 8.95. The van der Waals surface area contributed by atoms with Crippen LogP contribution in [-0.4, -0.2) is 15.7 Å². The SMILES string of the molecule is CCCc1ccc(C(=O)N2Cc3cnn(C)c3Nc3ccccc32)cc1. The maximum absolute atomic E-state index is 13.3. The fraction of sp³-hybridized carbons (Fsp3) is 0.238. The van der Waals surface area contributed by atoms with Gasteiger partial charge in [0.25, 0.3) is 5.91 Å². The molecule has 1 aromatic heterocycles. The summed E-state index contributed by atoms with van der Waals surface area (Å²) in [5.74, 6) is 0.921. The Kier molecular flexibility index (Phi) is 4.21. The molecular formula is C21H22N4O. The van der Waals surface area contributed by atoms with E-state index in [4.69, 9.17) is 0 Å². The highest BCUT2D eigenvalue weighted by atomic mass is 16.2. The number of carbonyl (C=O) groups excluding carboxylic acids is 1. The molecule has 2 aromatic carbocycles. The quantitative estimate of drug-likeness (QED) is 0.770. The van der Waals surface area contributed by atoms with Gasteiger partial charge in [0.05, 0.1) is 24.1 Å². The van der Waals surface area contributed by atoms with Gasteiger partial charge < -0.3 is 10.2 Å². The zero-order valence-electron chi connectivity index (χ0n) is 15.1. The molecule has 1 aliphatic rings. The van der Waals surface area contributed by atoms with Crippen molar-refractivity contribution in [3.8, 4) is 0 Å². The minimum absolute atomic E-state index is 0.000925. The number of aromatic nitrogens is 2. The van der Waals surface area contributed by atoms with Crippen LogP contribution in [-0.2, 0) is 20.0 Å². The fourth-order valence-corrected chi connectivity index (χ4v) is 3.40. The molecule has 5 heteroatoms. The van der Waals surface area contributed by atoms with E-state index < -0.39 is 0 Å². The number of hydrogen-bond donors (Lipinski definition) is 1. The minimum atomic E-state index is -0.000925. The molecule has 0 saturated carbocycles. The molecule has 0 spiro atoms. The average molecular weight is 346 g/mol. The molecule has 0 bridgehead atoms. The molecule has 2 heterocycles. The van der Waals surface area contributed by atoms with Crippen LogP contribution in [0.15, 0.2) is 54.7 Å². The molecular weight excluding hydrogens is 324 g/mol. The Labute approximate surface area is 153 Å².